The molecule has 0 spiro atoms. The second-order valence-electron chi connectivity index (χ2n) is 4.27. The van der Waals surface area contributed by atoms with Crippen LogP contribution in [0.2, 0.25) is 0 Å². The van der Waals surface area contributed by atoms with Crippen LogP contribution in [0.25, 0.3) is 0 Å². The van der Waals surface area contributed by atoms with Gasteiger partial charge < -0.3 is 10.4 Å². The molecule has 5 heteroatoms. The fraction of sp³-hybridized carbons (Fsp3) is 0.0667. The van der Waals surface area contributed by atoms with E-state index in [1.807, 2.05) is 6.92 Å². The lowest BCUT2D eigenvalue weighted by Crippen LogP contribution is -1.99. The van der Waals surface area contributed by atoms with Crippen molar-refractivity contribution in [3.05, 3.63) is 57.6 Å². The molecule has 0 fully saturated rings. The molecule has 2 aromatic carbocycles. The highest BCUT2D eigenvalue weighted by molar-refractivity contribution is 9.10. The molecule has 2 aromatic rings. The second-order valence-corrected chi connectivity index (χ2v) is 5.12. The highest BCUT2D eigenvalue weighted by Crippen LogP contribution is 2.28. The molecule has 0 radical (unpaired) electrons. The third-order valence-electron chi connectivity index (χ3n) is 2.84. The van der Waals surface area contributed by atoms with E-state index < -0.39 is 5.97 Å². The number of rotatable bonds is 3. The molecule has 0 saturated heterocycles. The largest absolute Gasteiger partial charge is 0.478 e. The molecule has 2 rings (SSSR count). The SMILES string of the molecule is Cc1cc(C(=O)O)ccc1Nc1ccc(C#N)cc1Br. The minimum absolute atomic E-state index is 0.256. The Kier molecular flexibility index (Phi) is 4.06. The van der Waals surface area contributed by atoms with Gasteiger partial charge in [0.1, 0.15) is 0 Å². The van der Waals surface area contributed by atoms with Crippen molar-refractivity contribution in [2.24, 2.45) is 0 Å². The summed E-state index contributed by atoms with van der Waals surface area (Å²) in [5.74, 6) is -0.945. The maximum absolute atomic E-state index is 10.9. The number of aromatic carboxylic acids is 1. The number of nitriles is 1. The van der Waals surface area contributed by atoms with Crippen molar-refractivity contribution < 1.29 is 9.90 Å². The molecule has 0 saturated carbocycles. The summed E-state index contributed by atoms with van der Waals surface area (Å²) in [6, 6.07) is 12.2. The number of benzene rings is 2. The number of carbonyl (C=O) groups is 1. The molecule has 0 atom stereocenters. The van der Waals surface area contributed by atoms with Gasteiger partial charge in [0.05, 0.1) is 22.9 Å². The molecule has 0 aliphatic carbocycles. The third-order valence-corrected chi connectivity index (χ3v) is 3.50. The second kappa shape index (κ2) is 5.76. The molecule has 2 N–H and O–H groups in total. The lowest BCUT2D eigenvalue weighted by molar-refractivity contribution is 0.0697. The standard InChI is InChI=1S/C15H11BrN2O2/c1-9-6-11(15(19)20)3-5-13(9)18-14-4-2-10(8-17)7-12(14)16/h2-7,18H,1H3,(H,19,20). The van der Waals surface area contributed by atoms with Crippen molar-refractivity contribution in [1.29, 1.82) is 5.26 Å². The highest BCUT2D eigenvalue weighted by atomic mass is 79.9. The summed E-state index contributed by atoms with van der Waals surface area (Å²) in [7, 11) is 0. The summed E-state index contributed by atoms with van der Waals surface area (Å²) in [5.41, 5.74) is 3.30. The van der Waals surface area contributed by atoms with Crippen molar-refractivity contribution >= 4 is 33.3 Å². The van der Waals surface area contributed by atoms with Crippen molar-refractivity contribution in [3.8, 4) is 6.07 Å². The summed E-state index contributed by atoms with van der Waals surface area (Å²) in [6.45, 7) is 1.84. The Balaban J connectivity index is 2.31. The van der Waals surface area contributed by atoms with Gasteiger partial charge in [-0.25, -0.2) is 4.79 Å². The molecular formula is C15H11BrN2O2. The highest BCUT2D eigenvalue weighted by Gasteiger charge is 2.07. The third kappa shape index (κ3) is 2.98. The Morgan fingerprint density at radius 1 is 1.25 bits per heavy atom. The van der Waals surface area contributed by atoms with Crippen LogP contribution in [0.3, 0.4) is 0 Å². The zero-order chi connectivity index (χ0) is 14.7. The van der Waals surface area contributed by atoms with Gasteiger partial charge in [0.2, 0.25) is 0 Å². The molecule has 0 heterocycles. The van der Waals surface area contributed by atoms with Crippen molar-refractivity contribution in [3.63, 3.8) is 0 Å². The van der Waals surface area contributed by atoms with Gasteiger partial charge in [-0.1, -0.05) is 0 Å². The van der Waals surface area contributed by atoms with Crippen LogP contribution in [0.15, 0.2) is 40.9 Å². The normalized spacial score (nSPS) is 9.85. The van der Waals surface area contributed by atoms with E-state index in [0.717, 1.165) is 21.4 Å². The minimum Gasteiger partial charge on any atom is -0.478 e. The molecular weight excluding hydrogens is 320 g/mol. The molecule has 0 aliphatic rings. The molecule has 0 aromatic heterocycles. The van der Waals surface area contributed by atoms with Crippen LogP contribution < -0.4 is 5.32 Å². The van der Waals surface area contributed by atoms with E-state index in [2.05, 4.69) is 27.3 Å². The average molecular weight is 331 g/mol. The van der Waals surface area contributed by atoms with E-state index in [1.54, 1.807) is 36.4 Å². The first kappa shape index (κ1) is 14.1. The number of carboxylic acids is 1. The number of nitrogens with zero attached hydrogens (tertiary/aromatic N) is 1. The number of hydrogen-bond acceptors (Lipinski definition) is 3. The summed E-state index contributed by atoms with van der Waals surface area (Å²) in [4.78, 5) is 10.9. The predicted molar refractivity (Wildman–Crippen MR) is 80.3 cm³/mol. The van der Waals surface area contributed by atoms with E-state index in [1.165, 1.54) is 0 Å². The summed E-state index contributed by atoms with van der Waals surface area (Å²) in [6.07, 6.45) is 0. The first-order chi connectivity index (χ1) is 9.51. The topological polar surface area (TPSA) is 73.1 Å². The van der Waals surface area contributed by atoms with Gasteiger partial charge >= 0.3 is 5.97 Å². The average Bonchev–Trinajstić information content (AvgIpc) is 2.42. The smallest absolute Gasteiger partial charge is 0.335 e. The van der Waals surface area contributed by atoms with Gasteiger partial charge in [0, 0.05) is 10.2 Å². The zero-order valence-corrected chi connectivity index (χ0v) is 12.2. The first-order valence-corrected chi connectivity index (χ1v) is 6.61. The van der Waals surface area contributed by atoms with E-state index in [-0.39, 0.29) is 5.56 Å². The van der Waals surface area contributed by atoms with E-state index >= 15 is 0 Å². The van der Waals surface area contributed by atoms with Crippen molar-refractivity contribution in [2.75, 3.05) is 5.32 Å². The molecule has 0 aliphatic heterocycles. The van der Waals surface area contributed by atoms with Gasteiger partial charge in [-0.05, 0) is 64.8 Å². The Labute approximate surface area is 124 Å². The Morgan fingerprint density at radius 3 is 2.50 bits per heavy atom. The number of halogens is 1. The van der Waals surface area contributed by atoms with Crippen LogP contribution in [-0.2, 0) is 0 Å². The fourth-order valence-electron chi connectivity index (χ4n) is 1.77. The van der Waals surface area contributed by atoms with Gasteiger partial charge in [-0.15, -0.1) is 0 Å². The lowest BCUT2D eigenvalue weighted by atomic mass is 10.1. The number of hydrogen-bond donors (Lipinski definition) is 2. The number of anilines is 2. The molecule has 0 bridgehead atoms. The summed E-state index contributed by atoms with van der Waals surface area (Å²) >= 11 is 3.40. The van der Waals surface area contributed by atoms with Gasteiger partial charge in [0.15, 0.2) is 0 Å². The Morgan fingerprint density at radius 2 is 1.95 bits per heavy atom. The Bertz CT molecular complexity index is 720. The minimum atomic E-state index is -0.945. The maximum atomic E-state index is 10.9. The van der Waals surface area contributed by atoms with Gasteiger partial charge in [-0.3, -0.25) is 0 Å². The summed E-state index contributed by atoms with van der Waals surface area (Å²) in [5, 5.41) is 21.0. The number of carboxylic acid groups (broad SMARTS) is 1. The molecule has 20 heavy (non-hydrogen) atoms. The molecule has 4 nitrogen and oxygen atoms in total. The Hall–Kier alpha value is -2.32. The van der Waals surface area contributed by atoms with Crippen LogP contribution in [0.1, 0.15) is 21.5 Å². The van der Waals surface area contributed by atoms with Crippen molar-refractivity contribution in [1.82, 2.24) is 0 Å². The monoisotopic (exact) mass is 330 g/mol. The van der Waals surface area contributed by atoms with Crippen LogP contribution in [0, 0.1) is 18.3 Å². The van der Waals surface area contributed by atoms with Crippen molar-refractivity contribution in [2.45, 2.75) is 6.92 Å². The molecule has 0 amide bonds. The van der Waals surface area contributed by atoms with Crippen LogP contribution in [-0.4, -0.2) is 11.1 Å². The van der Waals surface area contributed by atoms with Crippen LogP contribution >= 0.6 is 15.9 Å². The van der Waals surface area contributed by atoms with Crippen LogP contribution in [0.5, 0.6) is 0 Å². The van der Waals surface area contributed by atoms with E-state index in [0.29, 0.717) is 5.56 Å². The molecule has 0 unspecified atom stereocenters. The first-order valence-electron chi connectivity index (χ1n) is 5.82. The number of nitrogens with one attached hydrogen (secondary N) is 1. The van der Waals surface area contributed by atoms with E-state index in [4.69, 9.17) is 10.4 Å². The maximum Gasteiger partial charge on any atom is 0.335 e. The van der Waals surface area contributed by atoms with Crippen LogP contribution in [0.4, 0.5) is 11.4 Å². The van der Waals surface area contributed by atoms with E-state index in [9.17, 15) is 4.79 Å². The lowest BCUT2D eigenvalue weighted by Gasteiger charge is -2.12. The summed E-state index contributed by atoms with van der Waals surface area (Å²) < 4.78 is 0.776. The fourth-order valence-corrected chi connectivity index (χ4v) is 2.25. The quantitative estimate of drug-likeness (QED) is 0.889. The number of aryl methyl sites for hydroxylation is 1. The zero-order valence-electron chi connectivity index (χ0n) is 10.6. The van der Waals surface area contributed by atoms with Gasteiger partial charge in [0.25, 0.3) is 0 Å². The predicted octanol–water partition coefficient (Wildman–Crippen LogP) is 4.07. The molecule has 100 valence electrons. The van der Waals surface area contributed by atoms with Gasteiger partial charge in [-0.2, -0.15) is 5.26 Å².